The maximum absolute atomic E-state index is 10.4. The molecule has 0 aromatic heterocycles. The number of carboxylic acid groups (broad SMARTS) is 1. The Morgan fingerprint density at radius 2 is 2.27 bits per heavy atom. The van der Waals surface area contributed by atoms with Crippen LogP contribution in [0.1, 0.15) is 5.56 Å². The van der Waals surface area contributed by atoms with Crippen LogP contribution in [0.25, 0.3) is 0 Å². The van der Waals surface area contributed by atoms with Crippen LogP contribution in [-0.2, 0) is 11.2 Å². The van der Waals surface area contributed by atoms with Crippen molar-refractivity contribution in [2.75, 3.05) is 7.11 Å². The molecule has 1 unspecified atom stereocenters. The second-order valence-electron chi connectivity index (χ2n) is 3.02. The van der Waals surface area contributed by atoms with Gasteiger partial charge in [-0.1, -0.05) is 22.0 Å². The second kappa shape index (κ2) is 5.14. The lowest BCUT2D eigenvalue weighted by molar-refractivity contribution is -0.146. The fourth-order valence-corrected chi connectivity index (χ4v) is 1.64. The lowest BCUT2D eigenvalue weighted by Gasteiger charge is -2.08. The Bertz CT molecular complexity index is 364. The SMILES string of the molecule is COc1ccc(CC(O)C(=O)O)c(Br)c1. The second-order valence-corrected chi connectivity index (χ2v) is 3.87. The Kier molecular flexibility index (Phi) is 4.11. The Hall–Kier alpha value is -1.07. The van der Waals surface area contributed by atoms with E-state index in [9.17, 15) is 9.90 Å². The minimum absolute atomic E-state index is 0.0694. The van der Waals surface area contributed by atoms with E-state index in [4.69, 9.17) is 9.84 Å². The van der Waals surface area contributed by atoms with Crippen LogP contribution >= 0.6 is 15.9 Å². The fraction of sp³-hybridized carbons (Fsp3) is 0.300. The van der Waals surface area contributed by atoms with Crippen LogP contribution in [0, 0.1) is 0 Å². The predicted octanol–water partition coefficient (Wildman–Crippen LogP) is 1.45. The van der Waals surface area contributed by atoms with E-state index in [1.807, 2.05) is 0 Å². The number of methoxy groups -OCH3 is 1. The summed E-state index contributed by atoms with van der Waals surface area (Å²) in [6, 6.07) is 5.16. The van der Waals surface area contributed by atoms with Gasteiger partial charge >= 0.3 is 5.97 Å². The number of hydrogen-bond donors (Lipinski definition) is 2. The lowest BCUT2D eigenvalue weighted by Crippen LogP contribution is -2.22. The first-order valence-electron chi connectivity index (χ1n) is 4.28. The number of rotatable bonds is 4. The summed E-state index contributed by atoms with van der Waals surface area (Å²) in [5.74, 6) is -0.548. The van der Waals surface area contributed by atoms with Crippen molar-refractivity contribution >= 4 is 21.9 Å². The number of hydrogen-bond acceptors (Lipinski definition) is 3. The summed E-state index contributed by atoms with van der Waals surface area (Å²) in [5, 5.41) is 17.7. The van der Waals surface area contributed by atoms with Gasteiger partial charge in [0.05, 0.1) is 7.11 Å². The number of aliphatic hydroxyl groups excluding tert-OH is 1. The van der Waals surface area contributed by atoms with E-state index in [-0.39, 0.29) is 6.42 Å². The van der Waals surface area contributed by atoms with Gasteiger partial charge in [-0.3, -0.25) is 0 Å². The summed E-state index contributed by atoms with van der Waals surface area (Å²) in [4.78, 5) is 10.4. The van der Waals surface area contributed by atoms with E-state index in [0.717, 1.165) is 10.0 Å². The highest BCUT2D eigenvalue weighted by molar-refractivity contribution is 9.10. The fourth-order valence-electron chi connectivity index (χ4n) is 1.12. The van der Waals surface area contributed by atoms with Crippen LogP contribution in [0.3, 0.4) is 0 Å². The zero-order valence-electron chi connectivity index (χ0n) is 8.11. The maximum Gasteiger partial charge on any atom is 0.332 e. The van der Waals surface area contributed by atoms with Crippen molar-refractivity contribution in [2.45, 2.75) is 12.5 Å². The molecule has 0 bridgehead atoms. The van der Waals surface area contributed by atoms with Crippen molar-refractivity contribution in [3.8, 4) is 5.75 Å². The third-order valence-electron chi connectivity index (χ3n) is 1.96. The quantitative estimate of drug-likeness (QED) is 0.872. The van der Waals surface area contributed by atoms with E-state index in [2.05, 4.69) is 15.9 Å². The average molecular weight is 275 g/mol. The van der Waals surface area contributed by atoms with Crippen LogP contribution in [0.5, 0.6) is 5.75 Å². The lowest BCUT2D eigenvalue weighted by atomic mass is 10.1. The molecule has 0 aliphatic heterocycles. The Balaban J connectivity index is 2.82. The van der Waals surface area contributed by atoms with E-state index in [1.165, 1.54) is 0 Å². The number of halogens is 1. The molecule has 1 aromatic carbocycles. The molecule has 0 amide bonds. The van der Waals surface area contributed by atoms with E-state index in [1.54, 1.807) is 25.3 Å². The molecule has 0 radical (unpaired) electrons. The molecule has 1 rings (SSSR count). The molecule has 0 saturated carbocycles. The molecule has 82 valence electrons. The van der Waals surface area contributed by atoms with Crippen LogP contribution in [-0.4, -0.2) is 29.4 Å². The van der Waals surface area contributed by atoms with Gasteiger partial charge in [0.15, 0.2) is 6.10 Å². The summed E-state index contributed by atoms with van der Waals surface area (Å²) in [6.07, 6.45) is -1.31. The maximum atomic E-state index is 10.4. The molecule has 2 N–H and O–H groups in total. The zero-order chi connectivity index (χ0) is 11.4. The van der Waals surface area contributed by atoms with Crippen molar-refractivity contribution < 1.29 is 19.7 Å². The number of aliphatic carboxylic acids is 1. The minimum Gasteiger partial charge on any atom is -0.497 e. The van der Waals surface area contributed by atoms with Gasteiger partial charge in [-0.25, -0.2) is 4.79 Å². The Labute approximate surface area is 95.6 Å². The molecule has 0 aliphatic rings. The highest BCUT2D eigenvalue weighted by Gasteiger charge is 2.15. The molecular formula is C10H11BrO4. The monoisotopic (exact) mass is 274 g/mol. The normalized spacial score (nSPS) is 12.2. The third-order valence-corrected chi connectivity index (χ3v) is 2.70. The van der Waals surface area contributed by atoms with E-state index < -0.39 is 12.1 Å². The van der Waals surface area contributed by atoms with Gasteiger partial charge in [-0.05, 0) is 17.7 Å². The summed E-state index contributed by atoms with van der Waals surface area (Å²) in [6.45, 7) is 0. The van der Waals surface area contributed by atoms with Crippen LogP contribution < -0.4 is 4.74 Å². The van der Waals surface area contributed by atoms with Crippen LogP contribution in [0.4, 0.5) is 0 Å². The summed E-state index contributed by atoms with van der Waals surface area (Å²) in [5.41, 5.74) is 0.728. The molecule has 15 heavy (non-hydrogen) atoms. The highest BCUT2D eigenvalue weighted by Crippen LogP contribution is 2.23. The summed E-state index contributed by atoms with van der Waals surface area (Å²) >= 11 is 3.28. The zero-order valence-corrected chi connectivity index (χ0v) is 9.69. The molecular weight excluding hydrogens is 264 g/mol. The van der Waals surface area contributed by atoms with Gasteiger partial charge in [0, 0.05) is 10.9 Å². The largest absolute Gasteiger partial charge is 0.497 e. The molecule has 1 atom stereocenters. The average Bonchev–Trinajstić information content (AvgIpc) is 2.20. The van der Waals surface area contributed by atoms with E-state index >= 15 is 0 Å². The van der Waals surface area contributed by atoms with Crippen molar-refractivity contribution in [2.24, 2.45) is 0 Å². The topological polar surface area (TPSA) is 66.8 Å². The summed E-state index contributed by atoms with van der Waals surface area (Å²) < 4.78 is 5.72. The molecule has 1 aromatic rings. The predicted molar refractivity (Wildman–Crippen MR) is 58.0 cm³/mol. The Morgan fingerprint density at radius 3 is 2.73 bits per heavy atom. The van der Waals surface area contributed by atoms with Gasteiger partial charge in [-0.15, -0.1) is 0 Å². The molecule has 0 aliphatic carbocycles. The van der Waals surface area contributed by atoms with Crippen molar-refractivity contribution in [3.63, 3.8) is 0 Å². The highest BCUT2D eigenvalue weighted by atomic mass is 79.9. The van der Waals surface area contributed by atoms with Crippen molar-refractivity contribution in [1.82, 2.24) is 0 Å². The first-order chi connectivity index (χ1) is 7.04. The van der Waals surface area contributed by atoms with Gasteiger partial charge in [-0.2, -0.15) is 0 Å². The number of carboxylic acids is 1. The number of benzene rings is 1. The number of aliphatic hydroxyl groups is 1. The van der Waals surface area contributed by atoms with E-state index in [0.29, 0.717) is 5.75 Å². The standard InChI is InChI=1S/C10H11BrO4/c1-15-7-3-2-6(8(11)5-7)4-9(12)10(13)14/h2-3,5,9,12H,4H2,1H3,(H,13,14). The van der Waals surface area contributed by atoms with Crippen LogP contribution in [0.15, 0.2) is 22.7 Å². The molecule has 4 nitrogen and oxygen atoms in total. The van der Waals surface area contributed by atoms with Crippen molar-refractivity contribution in [3.05, 3.63) is 28.2 Å². The third kappa shape index (κ3) is 3.21. The van der Waals surface area contributed by atoms with Gasteiger partial charge in [0.25, 0.3) is 0 Å². The first kappa shape index (κ1) is 12.0. The van der Waals surface area contributed by atoms with Gasteiger partial charge < -0.3 is 14.9 Å². The van der Waals surface area contributed by atoms with Crippen LogP contribution in [0.2, 0.25) is 0 Å². The molecule has 0 spiro atoms. The number of ether oxygens (including phenoxy) is 1. The molecule has 0 heterocycles. The van der Waals surface area contributed by atoms with Gasteiger partial charge in [0.1, 0.15) is 5.75 Å². The smallest absolute Gasteiger partial charge is 0.332 e. The summed E-state index contributed by atoms with van der Waals surface area (Å²) in [7, 11) is 1.55. The van der Waals surface area contributed by atoms with Crippen molar-refractivity contribution in [1.29, 1.82) is 0 Å². The molecule has 0 saturated heterocycles. The Morgan fingerprint density at radius 1 is 1.60 bits per heavy atom. The minimum atomic E-state index is -1.38. The first-order valence-corrected chi connectivity index (χ1v) is 5.07. The molecule has 0 fully saturated rings. The number of carbonyl (C=O) groups is 1. The van der Waals surface area contributed by atoms with Gasteiger partial charge in [0.2, 0.25) is 0 Å². The molecule has 5 heteroatoms.